The highest BCUT2D eigenvalue weighted by Gasteiger charge is 2.16. The third kappa shape index (κ3) is 2.36. The largest absolute Gasteiger partial charge is 0.496 e. The first-order chi connectivity index (χ1) is 7.10. The van der Waals surface area contributed by atoms with Gasteiger partial charge in [0.25, 0.3) is 5.69 Å². The zero-order valence-electron chi connectivity index (χ0n) is 7.86. The second kappa shape index (κ2) is 4.62. The van der Waals surface area contributed by atoms with Crippen molar-refractivity contribution in [2.75, 3.05) is 7.11 Å². The maximum Gasteiger partial charge on any atom is 0.291 e. The van der Waals surface area contributed by atoms with E-state index in [1.54, 1.807) is 0 Å². The Bertz CT molecular complexity index is 440. The Labute approximate surface area is 91.0 Å². The molecule has 0 aliphatic rings. The lowest BCUT2D eigenvalue weighted by Crippen LogP contribution is -1.95. The van der Waals surface area contributed by atoms with Gasteiger partial charge in [0.15, 0.2) is 0 Å². The Morgan fingerprint density at radius 1 is 1.67 bits per heavy atom. The van der Waals surface area contributed by atoms with Crippen LogP contribution in [-0.4, -0.2) is 12.0 Å². The Morgan fingerprint density at radius 2 is 2.33 bits per heavy atom. The first kappa shape index (κ1) is 11.3. The number of hydrogen-bond donors (Lipinski definition) is 0. The number of benzene rings is 1. The van der Waals surface area contributed by atoms with Crippen molar-refractivity contribution >= 4 is 17.3 Å². The van der Waals surface area contributed by atoms with Gasteiger partial charge in [-0.3, -0.25) is 10.1 Å². The van der Waals surface area contributed by atoms with E-state index in [0.717, 1.165) is 0 Å². The summed E-state index contributed by atoms with van der Waals surface area (Å²) in [6.07, 6.45) is 0.0981. The smallest absolute Gasteiger partial charge is 0.291 e. The van der Waals surface area contributed by atoms with E-state index in [4.69, 9.17) is 21.6 Å². The Hall–Kier alpha value is -1.80. The molecule has 0 aliphatic carbocycles. The van der Waals surface area contributed by atoms with Crippen LogP contribution in [0.3, 0.4) is 0 Å². The molecule has 0 saturated carbocycles. The maximum absolute atomic E-state index is 10.6. The summed E-state index contributed by atoms with van der Waals surface area (Å²) < 4.78 is 4.93. The number of nitriles is 1. The SMILES string of the molecule is COc1cc([N+](=O)[O-])c(Cl)cc1CC#N. The average molecular weight is 227 g/mol. The summed E-state index contributed by atoms with van der Waals surface area (Å²) in [4.78, 5) is 9.96. The van der Waals surface area contributed by atoms with Gasteiger partial charge in [-0.05, 0) is 6.07 Å². The highest BCUT2D eigenvalue weighted by Crippen LogP contribution is 2.32. The van der Waals surface area contributed by atoms with Gasteiger partial charge in [-0.2, -0.15) is 5.26 Å². The Balaban J connectivity index is 3.30. The fourth-order valence-corrected chi connectivity index (χ4v) is 1.39. The zero-order chi connectivity index (χ0) is 11.4. The second-order valence-corrected chi connectivity index (χ2v) is 3.11. The summed E-state index contributed by atoms with van der Waals surface area (Å²) in [7, 11) is 1.38. The Kier molecular flexibility index (Phi) is 3.47. The van der Waals surface area contributed by atoms with Crippen LogP contribution in [0.25, 0.3) is 0 Å². The predicted molar refractivity (Wildman–Crippen MR) is 54.0 cm³/mol. The summed E-state index contributed by atoms with van der Waals surface area (Å²) in [5.41, 5.74) is 0.311. The van der Waals surface area contributed by atoms with Crippen LogP contribution in [0, 0.1) is 21.4 Å². The maximum atomic E-state index is 10.6. The van der Waals surface area contributed by atoms with E-state index in [-0.39, 0.29) is 17.1 Å². The van der Waals surface area contributed by atoms with Crippen LogP contribution in [0.5, 0.6) is 5.75 Å². The van der Waals surface area contributed by atoms with Crippen molar-refractivity contribution in [3.63, 3.8) is 0 Å². The molecule has 0 heterocycles. The third-order valence-electron chi connectivity index (χ3n) is 1.82. The van der Waals surface area contributed by atoms with E-state index in [0.29, 0.717) is 11.3 Å². The molecule has 6 heteroatoms. The van der Waals surface area contributed by atoms with Gasteiger partial charge in [0, 0.05) is 5.56 Å². The topological polar surface area (TPSA) is 76.2 Å². The van der Waals surface area contributed by atoms with E-state index in [2.05, 4.69) is 0 Å². The molecule has 0 fully saturated rings. The monoisotopic (exact) mass is 226 g/mol. The minimum absolute atomic E-state index is 0.00560. The number of halogens is 1. The van der Waals surface area contributed by atoms with Crippen molar-refractivity contribution in [1.82, 2.24) is 0 Å². The van der Waals surface area contributed by atoms with Crippen molar-refractivity contribution in [1.29, 1.82) is 5.26 Å². The molecule has 1 aromatic rings. The first-order valence-electron chi connectivity index (χ1n) is 3.98. The van der Waals surface area contributed by atoms with Gasteiger partial charge >= 0.3 is 0 Å². The molecule has 0 spiro atoms. The number of hydrogen-bond acceptors (Lipinski definition) is 4. The molecule has 78 valence electrons. The minimum atomic E-state index is -0.596. The molecule has 0 N–H and O–H groups in total. The number of methoxy groups -OCH3 is 1. The van der Waals surface area contributed by atoms with Crippen molar-refractivity contribution in [2.45, 2.75) is 6.42 Å². The summed E-state index contributed by atoms with van der Waals surface area (Å²) in [5, 5.41) is 19.1. The average Bonchev–Trinajstić information content (AvgIpc) is 2.18. The number of nitrogens with zero attached hydrogens (tertiary/aromatic N) is 2. The molecule has 0 amide bonds. The summed E-state index contributed by atoms with van der Waals surface area (Å²) in [5.74, 6) is 0.299. The predicted octanol–water partition coefficient (Wildman–Crippen LogP) is 2.32. The fraction of sp³-hybridized carbons (Fsp3) is 0.222. The lowest BCUT2D eigenvalue weighted by Gasteiger charge is -2.06. The molecule has 0 bridgehead atoms. The van der Waals surface area contributed by atoms with Crippen LogP contribution in [0.4, 0.5) is 5.69 Å². The van der Waals surface area contributed by atoms with Crippen LogP contribution in [0.1, 0.15) is 5.56 Å². The van der Waals surface area contributed by atoms with Crippen LogP contribution in [-0.2, 0) is 6.42 Å². The molecule has 1 aromatic carbocycles. The summed E-state index contributed by atoms with van der Waals surface area (Å²) in [6, 6.07) is 4.52. The zero-order valence-corrected chi connectivity index (χ0v) is 8.61. The summed E-state index contributed by atoms with van der Waals surface area (Å²) >= 11 is 5.68. The van der Waals surface area contributed by atoms with Crippen molar-refractivity contribution < 1.29 is 9.66 Å². The molecular formula is C9H7ClN2O3. The molecule has 5 nitrogen and oxygen atoms in total. The van der Waals surface area contributed by atoms with E-state index < -0.39 is 4.92 Å². The molecule has 0 unspecified atom stereocenters. The Morgan fingerprint density at radius 3 is 2.80 bits per heavy atom. The van der Waals surface area contributed by atoms with Gasteiger partial charge in [-0.25, -0.2) is 0 Å². The van der Waals surface area contributed by atoms with Crippen molar-refractivity contribution in [2.24, 2.45) is 0 Å². The van der Waals surface area contributed by atoms with E-state index in [9.17, 15) is 10.1 Å². The number of ether oxygens (including phenoxy) is 1. The lowest BCUT2D eigenvalue weighted by molar-refractivity contribution is -0.384. The first-order valence-corrected chi connectivity index (χ1v) is 4.35. The lowest BCUT2D eigenvalue weighted by atomic mass is 10.1. The van der Waals surface area contributed by atoms with Gasteiger partial charge in [0.2, 0.25) is 0 Å². The van der Waals surface area contributed by atoms with E-state index in [1.165, 1.54) is 19.2 Å². The van der Waals surface area contributed by atoms with Gasteiger partial charge in [0.05, 0.1) is 30.6 Å². The molecule has 1 rings (SSSR count). The van der Waals surface area contributed by atoms with Crippen LogP contribution < -0.4 is 4.74 Å². The summed E-state index contributed by atoms with van der Waals surface area (Å²) in [6.45, 7) is 0. The fourth-order valence-electron chi connectivity index (χ4n) is 1.14. The molecule has 0 aliphatic heterocycles. The number of nitro benzene ring substituents is 1. The van der Waals surface area contributed by atoms with Gasteiger partial charge in [0.1, 0.15) is 10.8 Å². The second-order valence-electron chi connectivity index (χ2n) is 2.71. The van der Waals surface area contributed by atoms with Crippen LogP contribution >= 0.6 is 11.6 Å². The molecule has 0 radical (unpaired) electrons. The van der Waals surface area contributed by atoms with E-state index in [1.807, 2.05) is 6.07 Å². The number of nitro groups is 1. The standard InChI is InChI=1S/C9H7ClN2O3/c1-15-9-5-8(12(13)14)7(10)4-6(9)2-3-11/h4-5H,2H2,1H3. The van der Waals surface area contributed by atoms with Gasteiger partial charge < -0.3 is 4.74 Å². The molecule has 15 heavy (non-hydrogen) atoms. The van der Waals surface area contributed by atoms with E-state index >= 15 is 0 Å². The highest BCUT2D eigenvalue weighted by atomic mass is 35.5. The number of rotatable bonds is 3. The highest BCUT2D eigenvalue weighted by molar-refractivity contribution is 6.32. The molecule has 0 saturated heterocycles. The minimum Gasteiger partial charge on any atom is -0.496 e. The van der Waals surface area contributed by atoms with Crippen LogP contribution in [0.2, 0.25) is 5.02 Å². The van der Waals surface area contributed by atoms with Crippen molar-refractivity contribution in [3.8, 4) is 11.8 Å². The quantitative estimate of drug-likeness (QED) is 0.585. The molecule has 0 aromatic heterocycles. The van der Waals surface area contributed by atoms with Gasteiger partial charge in [-0.15, -0.1) is 0 Å². The normalized spacial score (nSPS) is 9.40. The van der Waals surface area contributed by atoms with Crippen LogP contribution in [0.15, 0.2) is 12.1 Å². The molecular weight excluding hydrogens is 220 g/mol. The third-order valence-corrected chi connectivity index (χ3v) is 2.12. The molecule has 0 atom stereocenters. The van der Waals surface area contributed by atoms with Gasteiger partial charge in [-0.1, -0.05) is 11.6 Å². The van der Waals surface area contributed by atoms with Crippen molar-refractivity contribution in [3.05, 3.63) is 32.8 Å².